The van der Waals surface area contributed by atoms with Crippen LogP contribution in [-0.2, 0) is 0 Å². The third-order valence-corrected chi connectivity index (χ3v) is 2.08. The minimum absolute atomic E-state index is 0.0533. The summed E-state index contributed by atoms with van der Waals surface area (Å²) in [6.45, 7) is 3.46. The third-order valence-electron chi connectivity index (χ3n) is 2.08. The van der Waals surface area contributed by atoms with Crippen LogP contribution in [-0.4, -0.2) is 11.0 Å². The van der Waals surface area contributed by atoms with Crippen LogP contribution in [0.4, 0.5) is 0 Å². The lowest BCUT2D eigenvalue weighted by Gasteiger charge is -2.26. The summed E-state index contributed by atoms with van der Waals surface area (Å²) < 4.78 is 0. The van der Waals surface area contributed by atoms with Gasteiger partial charge in [0.1, 0.15) is 12.2 Å². The summed E-state index contributed by atoms with van der Waals surface area (Å²) in [6.07, 6.45) is 3.31. The average molecular weight is 184 g/mol. The fourth-order valence-electron chi connectivity index (χ4n) is 1.26. The Morgan fingerprint density at radius 3 is 2.77 bits per heavy atom. The maximum Gasteiger partial charge on any atom is 0.279 e. The summed E-state index contributed by atoms with van der Waals surface area (Å²) in [5.74, 6) is 0. The number of nitrogens with one attached hydrogen (secondary N) is 1. The quantitative estimate of drug-likeness (QED) is 0.379. The molecule has 1 aliphatic heterocycles. The molecule has 0 aromatic carbocycles. The molecular formula is C8H12N2O3. The second kappa shape index (κ2) is 3.68. The SMILES string of the molecule is CCC1=C[NH+]([O-])C(C)C=C1[N+](=O)[O-]. The van der Waals surface area contributed by atoms with Crippen LogP contribution in [0.5, 0.6) is 0 Å². The van der Waals surface area contributed by atoms with E-state index in [1.54, 1.807) is 13.8 Å². The fraction of sp³-hybridized carbons (Fsp3) is 0.500. The molecule has 0 fully saturated rings. The number of nitro groups is 1. The van der Waals surface area contributed by atoms with Crippen LogP contribution >= 0.6 is 0 Å². The van der Waals surface area contributed by atoms with Gasteiger partial charge in [-0.1, -0.05) is 6.92 Å². The average Bonchev–Trinajstić information content (AvgIpc) is 2.08. The first-order valence-electron chi connectivity index (χ1n) is 4.17. The number of hydrogen-bond donors (Lipinski definition) is 1. The first-order valence-corrected chi connectivity index (χ1v) is 4.17. The molecule has 2 unspecified atom stereocenters. The van der Waals surface area contributed by atoms with E-state index in [1.807, 2.05) is 0 Å². The highest BCUT2D eigenvalue weighted by Crippen LogP contribution is 2.15. The van der Waals surface area contributed by atoms with E-state index >= 15 is 0 Å². The Labute approximate surface area is 76.1 Å². The lowest BCUT2D eigenvalue weighted by atomic mass is 10.1. The molecule has 72 valence electrons. The Bertz CT molecular complexity index is 283. The number of quaternary nitrogens is 1. The van der Waals surface area contributed by atoms with Gasteiger partial charge in [-0.25, -0.2) is 0 Å². The maximum atomic E-state index is 11.2. The van der Waals surface area contributed by atoms with Gasteiger partial charge in [0.15, 0.2) is 0 Å². The molecule has 5 heteroatoms. The van der Waals surface area contributed by atoms with Crippen molar-refractivity contribution in [3.8, 4) is 0 Å². The Morgan fingerprint density at radius 2 is 2.31 bits per heavy atom. The third kappa shape index (κ3) is 1.93. The molecule has 1 aliphatic rings. The number of hydrogen-bond acceptors (Lipinski definition) is 3. The van der Waals surface area contributed by atoms with Crippen molar-refractivity contribution >= 4 is 0 Å². The topological polar surface area (TPSA) is 70.6 Å². The molecule has 1 rings (SSSR count). The molecule has 2 atom stereocenters. The van der Waals surface area contributed by atoms with Crippen molar-refractivity contribution in [1.29, 1.82) is 0 Å². The van der Waals surface area contributed by atoms with Crippen molar-refractivity contribution in [1.82, 2.24) is 0 Å². The van der Waals surface area contributed by atoms with Gasteiger partial charge in [-0.05, 0) is 13.3 Å². The van der Waals surface area contributed by atoms with Gasteiger partial charge in [0.25, 0.3) is 5.70 Å². The van der Waals surface area contributed by atoms with E-state index in [2.05, 4.69) is 0 Å². The molecular weight excluding hydrogens is 172 g/mol. The Balaban J connectivity index is 2.99. The largest absolute Gasteiger partial charge is 0.629 e. The smallest absolute Gasteiger partial charge is 0.279 e. The van der Waals surface area contributed by atoms with E-state index in [0.717, 1.165) is 0 Å². The summed E-state index contributed by atoms with van der Waals surface area (Å²) in [6, 6.07) is -0.365. The summed E-state index contributed by atoms with van der Waals surface area (Å²) in [5, 5.41) is 21.7. The van der Waals surface area contributed by atoms with E-state index in [9.17, 15) is 15.3 Å². The molecule has 13 heavy (non-hydrogen) atoms. The van der Waals surface area contributed by atoms with Gasteiger partial charge in [0, 0.05) is 0 Å². The maximum absolute atomic E-state index is 11.2. The number of rotatable bonds is 2. The van der Waals surface area contributed by atoms with Crippen LogP contribution in [0.2, 0.25) is 0 Å². The molecule has 1 N–H and O–H groups in total. The molecule has 1 heterocycles. The normalized spacial score (nSPS) is 27.9. The summed E-state index contributed by atoms with van der Waals surface area (Å²) >= 11 is 0. The molecule has 0 aromatic rings. The van der Waals surface area contributed by atoms with Crippen molar-refractivity contribution in [3.05, 3.63) is 38.9 Å². The van der Waals surface area contributed by atoms with Crippen LogP contribution in [0.25, 0.3) is 0 Å². The molecule has 0 bridgehead atoms. The van der Waals surface area contributed by atoms with Crippen molar-refractivity contribution in [2.75, 3.05) is 0 Å². The van der Waals surface area contributed by atoms with Crippen LogP contribution in [0.1, 0.15) is 20.3 Å². The van der Waals surface area contributed by atoms with E-state index in [0.29, 0.717) is 12.0 Å². The van der Waals surface area contributed by atoms with Crippen LogP contribution < -0.4 is 5.06 Å². The highest BCUT2D eigenvalue weighted by molar-refractivity contribution is 5.25. The van der Waals surface area contributed by atoms with E-state index in [1.165, 1.54) is 12.3 Å². The minimum Gasteiger partial charge on any atom is -0.629 e. The van der Waals surface area contributed by atoms with Gasteiger partial charge in [0.2, 0.25) is 0 Å². The molecule has 0 amide bonds. The molecule has 0 saturated heterocycles. The molecule has 0 radical (unpaired) electrons. The molecule has 0 saturated carbocycles. The number of hydroxylamine groups is 2. The van der Waals surface area contributed by atoms with Gasteiger partial charge in [-0.2, -0.15) is 0 Å². The Morgan fingerprint density at radius 1 is 1.69 bits per heavy atom. The van der Waals surface area contributed by atoms with Gasteiger partial charge >= 0.3 is 0 Å². The molecule has 5 nitrogen and oxygen atoms in total. The van der Waals surface area contributed by atoms with Gasteiger partial charge in [0.05, 0.1) is 16.6 Å². The molecule has 0 aliphatic carbocycles. The lowest BCUT2D eigenvalue weighted by Crippen LogP contribution is -3.06. The monoisotopic (exact) mass is 184 g/mol. The Hall–Kier alpha value is -1.20. The second-order valence-corrected chi connectivity index (χ2v) is 3.02. The standard InChI is InChI=1S/C8H12N2O3/c1-3-7-5-9(11)6(2)4-8(7)10(12)13/h4-6,9H,3H2,1-2H3. The van der Waals surface area contributed by atoms with E-state index < -0.39 is 4.92 Å². The van der Waals surface area contributed by atoms with Crippen molar-refractivity contribution < 1.29 is 9.99 Å². The van der Waals surface area contributed by atoms with Crippen molar-refractivity contribution in [2.45, 2.75) is 26.3 Å². The first-order chi connectivity index (χ1) is 6.06. The van der Waals surface area contributed by atoms with Crippen molar-refractivity contribution in [2.24, 2.45) is 0 Å². The first kappa shape index (κ1) is 9.88. The van der Waals surface area contributed by atoms with Gasteiger partial charge < -0.3 is 10.3 Å². The highest BCUT2D eigenvalue weighted by Gasteiger charge is 2.25. The Kier molecular flexibility index (Phi) is 2.79. The predicted octanol–water partition coefficient (Wildman–Crippen LogP) is 0.226. The summed E-state index contributed by atoms with van der Waals surface area (Å²) in [5.41, 5.74) is 0.600. The lowest BCUT2D eigenvalue weighted by molar-refractivity contribution is -0.812. The highest BCUT2D eigenvalue weighted by atomic mass is 16.6. The van der Waals surface area contributed by atoms with E-state index in [-0.39, 0.29) is 16.8 Å². The minimum atomic E-state index is -0.432. The zero-order valence-electron chi connectivity index (χ0n) is 7.61. The van der Waals surface area contributed by atoms with Crippen LogP contribution in [0, 0.1) is 15.3 Å². The molecule has 0 spiro atoms. The zero-order valence-corrected chi connectivity index (χ0v) is 7.61. The summed E-state index contributed by atoms with van der Waals surface area (Å²) in [7, 11) is 0. The zero-order chi connectivity index (χ0) is 10.0. The summed E-state index contributed by atoms with van der Waals surface area (Å²) in [4.78, 5) is 10.1. The van der Waals surface area contributed by atoms with Crippen LogP contribution in [0.15, 0.2) is 23.5 Å². The second-order valence-electron chi connectivity index (χ2n) is 3.02. The predicted molar refractivity (Wildman–Crippen MR) is 47.2 cm³/mol. The van der Waals surface area contributed by atoms with E-state index in [4.69, 9.17) is 0 Å². The van der Waals surface area contributed by atoms with Gasteiger partial charge in [-0.15, -0.1) is 0 Å². The van der Waals surface area contributed by atoms with Crippen LogP contribution in [0.3, 0.4) is 0 Å². The molecule has 0 aromatic heterocycles. The van der Waals surface area contributed by atoms with Gasteiger partial charge in [-0.3, -0.25) is 10.1 Å². The number of nitrogens with zero attached hydrogens (tertiary/aromatic N) is 1. The fourth-order valence-corrected chi connectivity index (χ4v) is 1.26. The van der Waals surface area contributed by atoms with Crippen molar-refractivity contribution in [3.63, 3.8) is 0 Å². The number of allylic oxidation sites excluding steroid dienone is 1.